The van der Waals surface area contributed by atoms with Gasteiger partial charge in [-0.25, -0.2) is 0 Å². The fourth-order valence-corrected chi connectivity index (χ4v) is 3.06. The van der Waals surface area contributed by atoms with E-state index in [1.165, 1.54) is 30.0 Å². The van der Waals surface area contributed by atoms with Gasteiger partial charge in [-0.2, -0.15) is 0 Å². The number of aliphatic carboxylic acids is 1. The summed E-state index contributed by atoms with van der Waals surface area (Å²) in [5, 5.41) is 13.4. The first kappa shape index (κ1) is 17.6. The van der Waals surface area contributed by atoms with E-state index in [9.17, 15) is 24.0 Å². The van der Waals surface area contributed by atoms with E-state index in [-0.39, 0.29) is 36.8 Å². The number of carboxylic acid groups (broad SMARTS) is 1. The summed E-state index contributed by atoms with van der Waals surface area (Å²) in [5.41, 5.74) is 1.20. The van der Waals surface area contributed by atoms with Crippen LogP contribution in [0.2, 0.25) is 0 Å². The van der Waals surface area contributed by atoms with Crippen molar-refractivity contribution in [1.82, 2.24) is 15.5 Å². The number of carbonyl (C=O) groups excluding carboxylic acids is 4. The molecule has 2 atom stereocenters. The van der Waals surface area contributed by atoms with Crippen molar-refractivity contribution in [1.29, 1.82) is 0 Å². The number of carbonyl (C=O) groups is 5. The lowest BCUT2D eigenvalue weighted by molar-refractivity contribution is -0.139. The van der Waals surface area contributed by atoms with E-state index in [1.807, 2.05) is 0 Å². The Kier molecular flexibility index (Phi) is 4.45. The third kappa shape index (κ3) is 3.15. The summed E-state index contributed by atoms with van der Waals surface area (Å²) in [4.78, 5) is 60.2. The number of hydrogen-bond acceptors (Lipinski definition) is 5. The summed E-state index contributed by atoms with van der Waals surface area (Å²) in [7, 11) is 0. The summed E-state index contributed by atoms with van der Waals surface area (Å²) in [6, 6.07) is 2.68. The average molecular weight is 359 g/mol. The third-order valence-corrected chi connectivity index (χ3v) is 4.50. The highest BCUT2D eigenvalue weighted by molar-refractivity contribution is 6.06. The molecule has 0 aliphatic carbocycles. The second-order valence-electron chi connectivity index (χ2n) is 6.31. The Morgan fingerprint density at radius 1 is 1.31 bits per heavy atom. The number of piperidine rings is 1. The van der Waals surface area contributed by atoms with Gasteiger partial charge in [0.2, 0.25) is 11.8 Å². The number of carboxylic acids is 1. The average Bonchev–Trinajstić information content (AvgIpc) is 2.90. The minimum atomic E-state index is -1.15. The van der Waals surface area contributed by atoms with Gasteiger partial charge in [-0.15, -0.1) is 0 Å². The van der Waals surface area contributed by atoms with Crippen LogP contribution in [0.4, 0.5) is 0 Å². The van der Waals surface area contributed by atoms with Crippen LogP contribution in [-0.4, -0.2) is 51.7 Å². The Bertz CT molecular complexity index is 834. The monoisotopic (exact) mass is 359 g/mol. The fraction of sp³-hybridized carbons (Fsp3) is 0.353. The van der Waals surface area contributed by atoms with Crippen LogP contribution in [-0.2, 0) is 20.9 Å². The molecule has 1 unspecified atom stereocenters. The third-order valence-electron chi connectivity index (χ3n) is 4.50. The van der Waals surface area contributed by atoms with Crippen LogP contribution in [0.5, 0.6) is 0 Å². The van der Waals surface area contributed by atoms with Gasteiger partial charge in [0.05, 0.1) is 0 Å². The lowest BCUT2D eigenvalue weighted by atomic mass is 10.0. The maximum absolute atomic E-state index is 12.6. The van der Waals surface area contributed by atoms with E-state index in [4.69, 9.17) is 5.11 Å². The van der Waals surface area contributed by atoms with Crippen LogP contribution in [0.1, 0.15) is 46.0 Å². The lowest BCUT2D eigenvalue weighted by Crippen LogP contribution is -2.52. The van der Waals surface area contributed by atoms with Crippen LogP contribution in [0, 0.1) is 0 Å². The molecule has 0 radical (unpaired) electrons. The molecule has 9 nitrogen and oxygen atoms in total. The molecule has 2 aliphatic rings. The maximum Gasteiger partial charge on any atom is 0.325 e. The summed E-state index contributed by atoms with van der Waals surface area (Å²) >= 11 is 0. The standard InChI is InChI=1S/C17H17N3O6/c1-8(17(25)26)18-14(22)9-2-3-11-10(6-9)7-20(16(11)24)12-4-5-13(21)19-15(12)23/h2-3,6,8,12H,4-5,7H2,1H3,(H,18,22)(H,25,26)(H,19,21,23)/t8-,12?/m1/s1. The van der Waals surface area contributed by atoms with Crippen LogP contribution in [0.15, 0.2) is 18.2 Å². The van der Waals surface area contributed by atoms with Gasteiger partial charge in [0.1, 0.15) is 12.1 Å². The van der Waals surface area contributed by atoms with Gasteiger partial charge in [-0.1, -0.05) is 0 Å². The summed E-state index contributed by atoms with van der Waals surface area (Å²) in [6.07, 6.45) is 0.422. The molecule has 1 saturated heterocycles. The fourth-order valence-electron chi connectivity index (χ4n) is 3.06. The van der Waals surface area contributed by atoms with Crippen molar-refractivity contribution in [3.05, 3.63) is 34.9 Å². The number of benzene rings is 1. The smallest absolute Gasteiger partial charge is 0.325 e. The van der Waals surface area contributed by atoms with E-state index in [0.29, 0.717) is 11.1 Å². The molecule has 4 amide bonds. The first-order chi connectivity index (χ1) is 12.3. The van der Waals surface area contributed by atoms with E-state index in [0.717, 1.165) is 0 Å². The molecule has 9 heteroatoms. The topological polar surface area (TPSA) is 133 Å². The highest BCUT2D eigenvalue weighted by atomic mass is 16.4. The molecule has 0 spiro atoms. The van der Waals surface area contributed by atoms with Crippen LogP contribution < -0.4 is 10.6 Å². The molecule has 3 N–H and O–H groups in total. The second kappa shape index (κ2) is 6.58. The van der Waals surface area contributed by atoms with Crippen LogP contribution in [0.25, 0.3) is 0 Å². The molecule has 0 aromatic heterocycles. The maximum atomic E-state index is 12.6. The van der Waals surface area contributed by atoms with Crippen molar-refractivity contribution in [2.24, 2.45) is 0 Å². The van der Waals surface area contributed by atoms with Gasteiger partial charge in [-0.05, 0) is 37.1 Å². The highest BCUT2D eigenvalue weighted by Gasteiger charge is 2.39. The molecule has 26 heavy (non-hydrogen) atoms. The van der Waals surface area contributed by atoms with E-state index in [2.05, 4.69) is 10.6 Å². The van der Waals surface area contributed by atoms with Gasteiger partial charge in [0.25, 0.3) is 11.8 Å². The largest absolute Gasteiger partial charge is 0.480 e. The van der Waals surface area contributed by atoms with Crippen molar-refractivity contribution in [3.63, 3.8) is 0 Å². The number of nitrogens with zero attached hydrogens (tertiary/aromatic N) is 1. The lowest BCUT2D eigenvalue weighted by Gasteiger charge is -2.29. The van der Waals surface area contributed by atoms with Gasteiger partial charge in [0.15, 0.2) is 0 Å². The molecule has 1 aromatic rings. The van der Waals surface area contributed by atoms with Crippen LogP contribution in [0.3, 0.4) is 0 Å². The molecule has 0 bridgehead atoms. The van der Waals surface area contributed by atoms with E-state index >= 15 is 0 Å². The van der Waals surface area contributed by atoms with Crippen molar-refractivity contribution in [3.8, 4) is 0 Å². The summed E-state index contributed by atoms with van der Waals surface area (Å²) < 4.78 is 0. The van der Waals surface area contributed by atoms with Gasteiger partial charge < -0.3 is 15.3 Å². The first-order valence-electron chi connectivity index (χ1n) is 8.09. The normalized spacial score (nSPS) is 20.4. The quantitative estimate of drug-likeness (QED) is 0.630. The van der Waals surface area contributed by atoms with Crippen molar-refractivity contribution in [2.75, 3.05) is 0 Å². The highest BCUT2D eigenvalue weighted by Crippen LogP contribution is 2.28. The number of fused-ring (bicyclic) bond motifs is 1. The Balaban J connectivity index is 1.78. The predicted octanol–water partition coefficient (Wildman–Crippen LogP) is -0.349. The number of amides is 4. The van der Waals surface area contributed by atoms with Crippen molar-refractivity contribution < 1.29 is 29.1 Å². The molecular weight excluding hydrogens is 342 g/mol. The van der Waals surface area contributed by atoms with Crippen LogP contribution >= 0.6 is 0 Å². The number of rotatable bonds is 4. The zero-order valence-corrected chi connectivity index (χ0v) is 13.9. The summed E-state index contributed by atoms with van der Waals surface area (Å²) in [6.45, 7) is 1.50. The van der Waals surface area contributed by atoms with Crippen molar-refractivity contribution >= 4 is 29.6 Å². The van der Waals surface area contributed by atoms with Crippen molar-refractivity contribution in [2.45, 2.75) is 38.4 Å². The predicted molar refractivity (Wildman–Crippen MR) is 87.1 cm³/mol. The second-order valence-corrected chi connectivity index (χ2v) is 6.31. The van der Waals surface area contributed by atoms with Gasteiger partial charge >= 0.3 is 5.97 Å². The number of imide groups is 1. The minimum Gasteiger partial charge on any atom is -0.480 e. The SMILES string of the molecule is C[C@@H](NC(=O)c1ccc2c(c1)CN(C1CCC(=O)NC1=O)C2=O)C(=O)O. The number of nitrogens with one attached hydrogen (secondary N) is 2. The Morgan fingerprint density at radius 2 is 2.04 bits per heavy atom. The Labute approximate surface area is 148 Å². The molecule has 1 aromatic carbocycles. The van der Waals surface area contributed by atoms with E-state index in [1.54, 1.807) is 0 Å². The summed E-state index contributed by atoms with van der Waals surface area (Å²) in [5.74, 6) is -2.91. The zero-order valence-electron chi connectivity index (χ0n) is 13.9. The minimum absolute atomic E-state index is 0.149. The van der Waals surface area contributed by atoms with E-state index < -0.39 is 29.9 Å². The molecular formula is C17H17N3O6. The molecule has 1 fully saturated rings. The first-order valence-corrected chi connectivity index (χ1v) is 8.09. The zero-order chi connectivity index (χ0) is 19.0. The molecule has 2 aliphatic heterocycles. The molecule has 2 heterocycles. The van der Waals surface area contributed by atoms with Gasteiger partial charge in [0, 0.05) is 24.1 Å². The Morgan fingerprint density at radius 3 is 2.69 bits per heavy atom. The molecule has 136 valence electrons. The Hall–Kier alpha value is -3.23. The molecule has 3 rings (SSSR count). The molecule has 0 saturated carbocycles. The van der Waals surface area contributed by atoms with Gasteiger partial charge in [-0.3, -0.25) is 29.3 Å². The number of hydrogen-bond donors (Lipinski definition) is 3.